The monoisotopic (exact) mass is 438 g/mol. The summed E-state index contributed by atoms with van der Waals surface area (Å²) < 4.78 is 12.4. The highest BCUT2D eigenvalue weighted by Gasteiger charge is 2.17. The number of ether oxygens (including phenoxy) is 2. The molecule has 2 N–H and O–H groups in total. The minimum absolute atomic E-state index is 0.367. The normalized spacial score (nSPS) is 10.5. The van der Waals surface area contributed by atoms with Gasteiger partial charge in [0.2, 0.25) is 0 Å². The molecule has 0 aliphatic rings. The molecule has 0 amide bonds. The maximum absolute atomic E-state index is 12.1. The number of methoxy groups -OCH3 is 1. The summed E-state index contributed by atoms with van der Waals surface area (Å²) in [4.78, 5) is 12.1. The van der Waals surface area contributed by atoms with Gasteiger partial charge in [0.1, 0.15) is 5.75 Å². The van der Waals surface area contributed by atoms with Crippen LogP contribution in [0.4, 0.5) is 11.4 Å². The fourth-order valence-corrected chi connectivity index (χ4v) is 3.49. The number of nitrogens with zero attached hydrogens (tertiary/aromatic N) is 2. The zero-order chi connectivity index (χ0) is 22.4. The molecule has 2 aromatic carbocycles. The fourth-order valence-electron chi connectivity index (χ4n) is 3.28. The van der Waals surface area contributed by atoms with Gasteiger partial charge in [0.15, 0.2) is 5.11 Å². The molecule has 0 aliphatic heterocycles. The Kier molecular flexibility index (Phi) is 7.25. The van der Waals surface area contributed by atoms with E-state index in [1.807, 2.05) is 67.9 Å². The van der Waals surface area contributed by atoms with Crippen molar-refractivity contribution in [2.45, 2.75) is 27.3 Å². The molecule has 3 aromatic rings. The van der Waals surface area contributed by atoms with Crippen LogP contribution in [-0.4, -0.2) is 34.6 Å². The molecule has 1 aromatic heterocycles. The molecule has 0 radical (unpaired) electrons. The van der Waals surface area contributed by atoms with E-state index in [4.69, 9.17) is 21.7 Å². The first kappa shape index (κ1) is 22.3. The minimum Gasteiger partial charge on any atom is -0.492 e. The number of hydrogen-bond acceptors (Lipinski definition) is 5. The van der Waals surface area contributed by atoms with Gasteiger partial charge in [0, 0.05) is 0 Å². The number of hydrogen-bond donors (Lipinski definition) is 2. The van der Waals surface area contributed by atoms with Crippen molar-refractivity contribution in [3.63, 3.8) is 0 Å². The van der Waals surface area contributed by atoms with Gasteiger partial charge in [-0.3, -0.25) is 4.68 Å². The standard InChI is InChI=1S/C23H26N4O3S/c1-5-30-20-13-9-8-12-19(20)24-23(31)25-21-15(2)26-27(16(21)3)14-17-10-6-7-11-18(17)22(28)29-4/h6-13H,5,14H2,1-4H3,(H2,24,25,31). The number of rotatable bonds is 7. The van der Waals surface area contributed by atoms with Crippen LogP contribution < -0.4 is 15.4 Å². The molecule has 0 unspecified atom stereocenters. The van der Waals surface area contributed by atoms with Crippen LogP contribution in [0.3, 0.4) is 0 Å². The summed E-state index contributed by atoms with van der Waals surface area (Å²) in [5.74, 6) is 0.367. The Morgan fingerprint density at radius 3 is 2.55 bits per heavy atom. The summed E-state index contributed by atoms with van der Waals surface area (Å²) >= 11 is 5.51. The first-order valence-corrected chi connectivity index (χ1v) is 10.4. The summed E-state index contributed by atoms with van der Waals surface area (Å²) in [6.07, 6.45) is 0. The highest BCUT2D eigenvalue weighted by molar-refractivity contribution is 7.80. The Morgan fingerprint density at radius 2 is 1.81 bits per heavy atom. The number of carbonyl (C=O) groups is 1. The van der Waals surface area contributed by atoms with Crippen molar-refractivity contribution < 1.29 is 14.3 Å². The molecular formula is C23H26N4O3S. The molecule has 7 nitrogen and oxygen atoms in total. The van der Waals surface area contributed by atoms with Gasteiger partial charge in [-0.25, -0.2) is 4.79 Å². The summed E-state index contributed by atoms with van der Waals surface area (Å²) in [5.41, 5.74) is 4.67. The second-order valence-electron chi connectivity index (χ2n) is 6.86. The van der Waals surface area contributed by atoms with E-state index in [2.05, 4.69) is 15.7 Å². The predicted octanol–water partition coefficient (Wildman–Crippen LogP) is 4.54. The van der Waals surface area contributed by atoms with Crippen molar-refractivity contribution in [1.82, 2.24) is 9.78 Å². The van der Waals surface area contributed by atoms with Crippen LogP contribution in [0.5, 0.6) is 5.75 Å². The van der Waals surface area contributed by atoms with Gasteiger partial charge in [0.05, 0.1) is 48.6 Å². The molecule has 31 heavy (non-hydrogen) atoms. The van der Waals surface area contributed by atoms with E-state index in [9.17, 15) is 4.79 Å². The van der Waals surface area contributed by atoms with Crippen LogP contribution in [0, 0.1) is 13.8 Å². The topological polar surface area (TPSA) is 77.4 Å². The number of esters is 1. The lowest BCUT2D eigenvalue weighted by atomic mass is 10.1. The average molecular weight is 439 g/mol. The molecule has 162 valence electrons. The van der Waals surface area contributed by atoms with Gasteiger partial charge in [-0.1, -0.05) is 30.3 Å². The quantitative estimate of drug-likeness (QED) is 0.414. The molecule has 0 saturated carbocycles. The third-order valence-electron chi connectivity index (χ3n) is 4.80. The van der Waals surface area contributed by atoms with Crippen molar-refractivity contribution in [1.29, 1.82) is 0 Å². The molecule has 0 aliphatic carbocycles. The zero-order valence-electron chi connectivity index (χ0n) is 18.1. The van der Waals surface area contributed by atoms with E-state index in [0.29, 0.717) is 23.8 Å². The lowest BCUT2D eigenvalue weighted by Gasteiger charge is -2.14. The molecule has 1 heterocycles. The van der Waals surface area contributed by atoms with E-state index in [-0.39, 0.29) is 5.97 Å². The first-order chi connectivity index (χ1) is 14.9. The Bertz CT molecular complexity index is 1090. The molecule has 3 rings (SSSR count). The first-order valence-electron chi connectivity index (χ1n) is 9.94. The smallest absolute Gasteiger partial charge is 0.338 e. The highest BCUT2D eigenvalue weighted by Crippen LogP contribution is 2.25. The second-order valence-corrected chi connectivity index (χ2v) is 7.27. The molecule has 0 atom stereocenters. The number of anilines is 2. The summed E-state index contributed by atoms with van der Waals surface area (Å²) in [6, 6.07) is 15.0. The van der Waals surface area contributed by atoms with Crippen LogP contribution in [-0.2, 0) is 11.3 Å². The van der Waals surface area contributed by atoms with Gasteiger partial charge < -0.3 is 20.1 Å². The third-order valence-corrected chi connectivity index (χ3v) is 5.00. The van der Waals surface area contributed by atoms with Crippen molar-refractivity contribution in [2.24, 2.45) is 0 Å². The molecule has 0 spiro atoms. The fraction of sp³-hybridized carbons (Fsp3) is 0.261. The van der Waals surface area contributed by atoms with E-state index in [0.717, 1.165) is 34.1 Å². The zero-order valence-corrected chi connectivity index (χ0v) is 18.9. The Balaban J connectivity index is 1.78. The molecular weight excluding hydrogens is 412 g/mol. The van der Waals surface area contributed by atoms with Gasteiger partial charge >= 0.3 is 5.97 Å². The second kappa shape index (κ2) is 10.1. The third kappa shape index (κ3) is 5.21. The Morgan fingerprint density at radius 1 is 1.10 bits per heavy atom. The number of thiocarbonyl (C=S) groups is 1. The van der Waals surface area contributed by atoms with Gasteiger partial charge in [-0.2, -0.15) is 5.10 Å². The summed E-state index contributed by atoms with van der Waals surface area (Å²) in [7, 11) is 1.38. The Hall–Kier alpha value is -3.39. The molecule has 8 heteroatoms. The van der Waals surface area contributed by atoms with Crippen molar-refractivity contribution >= 4 is 34.7 Å². The number of aryl methyl sites for hydroxylation is 1. The van der Waals surface area contributed by atoms with Crippen molar-refractivity contribution in [3.05, 3.63) is 71.0 Å². The number of aromatic nitrogens is 2. The van der Waals surface area contributed by atoms with E-state index >= 15 is 0 Å². The van der Waals surface area contributed by atoms with Crippen molar-refractivity contribution in [3.8, 4) is 5.75 Å². The summed E-state index contributed by atoms with van der Waals surface area (Å²) in [5, 5.41) is 11.5. The van der Waals surface area contributed by atoms with Gasteiger partial charge in [-0.15, -0.1) is 0 Å². The summed E-state index contributed by atoms with van der Waals surface area (Å²) in [6.45, 7) is 6.81. The van der Waals surface area contributed by atoms with Gasteiger partial charge in [0.25, 0.3) is 0 Å². The largest absolute Gasteiger partial charge is 0.492 e. The van der Waals surface area contributed by atoms with E-state index in [1.165, 1.54) is 7.11 Å². The average Bonchev–Trinajstić information content (AvgIpc) is 3.02. The predicted molar refractivity (Wildman–Crippen MR) is 126 cm³/mol. The van der Waals surface area contributed by atoms with Crippen LogP contribution in [0.2, 0.25) is 0 Å². The molecule has 0 bridgehead atoms. The number of para-hydroxylation sites is 2. The van der Waals surface area contributed by atoms with E-state index < -0.39 is 0 Å². The van der Waals surface area contributed by atoms with Gasteiger partial charge in [-0.05, 0) is 56.8 Å². The number of benzene rings is 2. The maximum atomic E-state index is 12.1. The lowest BCUT2D eigenvalue weighted by Crippen LogP contribution is -2.20. The highest BCUT2D eigenvalue weighted by atomic mass is 32.1. The minimum atomic E-state index is -0.367. The van der Waals surface area contributed by atoms with Crippen LogP contribution in [0.1, 0.15) is 34.2 Å². The van der Waals surface area contributed by atoms with Crippen LogP contribution in [0.15, 0.2) is 48.5 Å². The van der Waals surface area contributed by atoms with Crippen molar-refractivity contribution in [2.75, 3.05) is 24.4 Å². The van der Waals surface area contributed by atoms with E-state index in [1.54, 1.807) is 6.07 Å². The number of carbonyl (C=O) groups excluding carboxylic acids is 1. The maximum Gasteiger partial charge on any atom is 0.338 e. The Labute approximate surface area is 187 Å². The lowest BCUT2D eigenvalue weighted by molar-refractivity contribution is 0.0599. The van der Waals surface area contributed by atoms with Crippen LogP contribution >= 0.6 is 12.2 Å². The van der Waals surface area contributed by atoms with Crippen LogP contribution in [0.25, 0.3) is 0 Å². The molecule has 0 fully saturated rings. The number of nitrogens with one attached hydrogen (secondary N) is 2. The SMILES string of the molecule is CCOc1ccccc1NC(=S)Nc1c(C)nn(Cc2ccccc2C(=O)OC)c1C. The molecule has 0 saturated heterocycles.